The van der Waals surface area contributed by atoms with E-state index in [1.54, 1.807) is 29.3 Å². The Hall–Kier alpha value is -2.76. The van der Waals surface area contributed by atoms with Crippen molar-refractivity contribution < 1.29 is 14.0 Å². The molecule has 1 amide bonds. The van der Waals surface area contributed by atoms with Gasteiger partial charge in [0.1, 0.15) is 11.5 Å². The van der Waals surface area contributed by atoms with E-state index in [1.165, 1.54) is 6.07 Å². The van der Waals surface area contributed by atoms with Gasteiger partial charge in [-0.15, -0.1) is 0 Å². The summed E-state index contributed by atoms with van der Waals surface area (Å²) in [5, 5.41) is 4.14. The molecule has 6 heteroatoms. The number of oxime groups is 1. The van der Waals surface area contributed by atoms with Crippen LogP contribution in [0.25, 0.3) is 0 Å². The summed E-state index contributed by atoms with van der Waals surface area (Å²) >= 11 is 0. The summed E-state index contributed by atoms with van der Waals surface area (Å²) < 4.78 is 14.1. The molecule has 5 nitrogen and oxygen atoms in total. The number of pyridine rings is 1. The highest BCUT2D eigenvalue weighted by Crippen LogP contribution is 2.23. The summed E-state index contributed by atoms with van der Waals surface area (Å²) in [4.78, 5) is 24.4. The molecule has 2 aromatic rings. The summed E-state index contributed by atoms with van der Waals surface area (Å²) in [7, 11) is 0. The molecule has 0 spiro atoms. The standard InChI is InChI=1S/C22H26FN3O2/c1-22(2,3)13-21(27)26(14-16-8-4-5-9-18(16)23)15-17-12-20(25-28-17)19-10-6-7-11-24-19/h4-11,17H,12-15H2,1-3H3. The summed E-state index contributed by atoms with van der Waals surface area (Å²) in [6.07, 6.45) is 2.38. The molecule has 3 rings (SSSR count). The van der Waals surface area contributed by atoms with Gasteiger partial charge < -0.3 is 9.74 Å². The van der Waals surface area contributed by atoms with Crippen LogP contribution >= 0.6 is 0 Å². The van der Waals surface area contributed by atoms with E-state index in [0.717, 1.165) is 11.4 Å². The Morgan fingerprint density at radius 2 is 1.96 bits per heavy atom. The van der Waals surface area contributed by atoms with Gasteiger partial charge in [-0.05, 0) is 23.6 Å². The number of hydrogen-bond donors (Lipinski definition) is 0. The number of halogens is 1. The van der Waals surface area contributed by atoms with E-state index in [2.05, 4.69) is 10.1 Å². The van der Waals surface area contributed by atoms with Crippen LogP contribution in [0.4, 0.5) is 4.39 Å². The first-order valence-electron chi connectivity index (χ1n) is 9.47. The second kappa shape index (κ2) is 8.50. The van der Waals surface area contributed by atoms with Gasteiger partial charge in [0.15, 0.2) is 6.10 Å². The first kappa shape index (κ1) is 20.0. The maximum Gasteiger partial charge on any atom is 0.223 e. The second-order valence-corrected chi connectivity index (χ2v) is 8.29. The largest absolute Gasteiger partial charge is 0.390 e. The minimum Gasteiger partial charge on any atom is -0.390 e. The Bertz CT molecular complexity index is 846. The molecule has 0 aliphatic carbocycles. The van der Waals surface area contributed by atoms with Crippen molar-refractivity contribution in [2.75, 3.05) is 6.54 Å². The highest BCUT2D eigenvalue weighted by Gasteiger charge is 2.29. The van der Waals surface area contributed by atoms with E-state index >= 15 is 0 Å². The third-order valence-corrected chi connectivity index (χ3v) is 4.47. The zero-order chi connectivity index (χ0) is 20.1. The number of hydrogen-bond acceptors (Lipinski definition) is 4. The molecule has 28 heavy (non-hydrogen) atoms. The fraction of sp³-hybridized carbons (Fsp3) is 0.409. The lowest BCUT2D eigenvalue weighted by atomic mass is 9.91. The predicted molar refractivity (Wildman–Crippen MR) is 106 cm³/mol. The van der Waals surface area contributed by atoms with Crippen molar-refractivity contribution in [3.63, 3.8) is 0 Å². The minimum absolute atomic E-state index is 0.0226. The molecule has 0 saturated heterocycles. The number of amides is 1. The van der Waals surface area contributed by atoms with E-state index in [-0.39, 0.29) is 29.8 Å². The molecule has 1 unspecified atom stereocenters. The van der Waals surface area contributed by atoms with Gasteiger partial charge in [0.25, 0.3) is 0 Å². The molecule has 1 aliphatic heterocycles. The number of rotatable bonds is 6. The van der Waals surface area contributed by atoms with Crippen LogP contribution in [-0.2, 0) is 16.2 Å². The maximum atomic E-state index is 14.1. The van der Waals surface area contributed by atoms with Crippen LogP contribution < -0.4 is 0 Å². The Labute approximate surface area is 165 Å². The molecule has 1 aromatic heterocycles. The average molecular weight is 383 g/mol. The summed E-state index contributed by atoms with van der Waals surface area (Å²) in [5.41, 5.74) is 1.87. The lowest BCUT2D eigenvalue weighted by Crippen LogP contribution is -2.39. The van der Waals surface area contributed by atoms with E-state index in [9.17, 15) is 9.18 Å². The predicted octanol–water partition coefficient (Wildman–Crippen LogP) is 4.18. The van der Waals surface area contributed by atoms with Crippen molar-refractivity contribution in [3.8, 4) is 0 Å². The lowest BCUT2D eigenvalue weighted by molar-refractivity contribution is -0.135. The number of carbonyl (C=O) groups excluding carboxylic acids is 1. The minimum atomic E-state index is -0.311. The zero-order valence-corrected chi connectivity index (χ0v) is 16.6. The highest BCUT2D eigenvalue weighted by molar-refractivity contribution is 5.99. The van der Waals surface area contributed by atoms with Crippen LogP contribution in [0.1, 0.15) is 44.9 Å². The number of benzene rings is 1. The van der Waals surface area contributed by atoms with Crippen molar-refractivity contribution in [2.24, 2.45) is 10.6 Å². The molecule has 148 valence electrons. The van der Waals surface area contributed by atoms with Crippen LogP contribution in [0.3, 0.4) is 0 Å². The number of nitrogens with zero attached hydrogens (tertiary/aromatic N) is 3. The maximum absolute atomic E-state index is 14.1. The van der Waals surface area contributed by atoms with E-state index < -0.39 is 0 Å². The molecule has 2 heterocycles. The van der Waals surface area contributed by atoms with Gasteiger partial charge in [-0.25, -0.2) is 4.39 Å². The van der Waals surface area contributed by atoms with Crippen LogP contribution in [0.5, 0.6) is 0 Å². The molecule has 0 N–H and O–H groups in total. The molecule has 0 radical (unpaired) electrons. The highest BCUT2D eigenvalue weighted by atomic mass is 19.1. The van der Waals surface area contributed by atoms with Gasteiger partial charge in [-0.3, -0.25) is 9.78 Å². The molecule has 1 aliphatic rings. The Balaban J connectivity index is 1.71. The third kappa shape index (κ3) is 5.38. The van der Waals surface area contributed by atoms with Crippen LogP contribution in [0, 0.1) is 11.2 Å². The third-order valence-electron chi connectivity index (χ3n) is 4.47. The second-order valence-electron chi connectivity index (χ2n) is 8.29. The zero-order valence-electron chi connectivity index (χ0n) is 16.6. The SMILES string of the molecule is CC(C)(C)CC(=O)N(Cc1ccccc1F)CC1CC(c2ccccn2)=NO1. The van der Waals surface area contributed by atoms with Crippen LogP contribution in [0.2, 0.25) is 0 Å². The summed E-state index contributed by atoms with van der Waals surface area (Å²) in [6, 6.07) is 12.2. The van der Waals surface area contributed by atoms with Gasteiger partial charge in [-0.1, -0.05) is 50.2 Å². The van der Waals surface area contributed by atoms with Crippen molar-refractivity contribution in [3.05, 3.63) is 65.7 Å². The van der Waals surface area contributed by atoms with Gasteiger partial charge in [0.2, 0.25) is 5.91 Å². The topological polar surface area (TPSA) is 54.8 Å². The Morgan fingerprint density at radius 3 is 2.64 bits per heavy atom. The lowest BCUT2D eigenvalue weighted by Gasteiger charge is -2.28. The summed E-state index contributed by atoms with van der Waals surface area (Å²) in [5.74, 6) is -0.334. The van der Waals surface area contributed by atoms with Crippen LogP contribution in [0.15, 0.2) is 53.8 Å². The van der Waals surface area contributed by atoms with Crippen molar-refractivity contribution in [1.82, 2.24) is 9.88 Å². The average Bonchev–Trinajstić information content (AvgIpc) is 3.11. The molecule has 0 saturated carbocycles. The van der Waals surface area contributed by atoms with Gasteiger partial charge in [0.05, 0.1) is 12.2 Å². The molecule has 1 atom stereocenters. The van der Waals surface area contributed by atoms with E-state index in [1.807, 2.05) is 39.0 Å². The first-order valence-corrected chi connectivity index (χ1v) is 9.47. The number of carbonyl (C=O) groups is 1. The molecule has 0 fully saturated rings. The number of aromatic nitrogens is 1. The quantitative estimate of drug-likeness (QED) is 0.752. The molecular weight excluding hydrogens is 357 g/mol. The Kier molecular flexibility index (Phi) is 6.07. The Morgan fingerprint density at radius 1 is 1.21 bits per heavy atom. The van der Waals surface area contributed by atoms with Crippen molar-refractivity contribution in [1.29, 1.82) is 0 Å². The van der Waals surface area contributed by atoms with Gasteiger partial charge in [-0.2, -0.15) is 0 Å². The van der Waals surface area contributed by atoms with E-state index in [0.29, 0.717) is 24.9 Å². The molecule has 0 bridgehead atoms. The van der Waals surface area contributed by atoms with Gasteiger partial charge >= 0.3 is 0 Å². The fourth-order valence-corrected chi connectivity index (χ4v) is 3.11. The van der Waals surface area contributed by atoms with Crippen LogP contribution in [-0.4, -0.2) is 34.2 Å². The van der Waals surface area contributed by atoms with Crippen molar-refractivity contribution >= 4 is 11.6 Å². The fourth-order valence-electron chi connectivity index (χ4n) is 3.11. The summed E-state index contributed by atoms with van der Waals surface area (Å²) in [6.45, 7) is 6.60. The first-order chi connectivity index (χ1) is 13.3. The normalized spacial score (nSPS) is 16.4. The monoisotopic (exact) mass is 383 g/mol. The van der Waals surface area contributed by atoms with Crippen molar-refractivity contribution in [2.45, 2.75) is 46.3 Å². The molecular formula is C22H26FN3O2. The smallest absolute Gasteiger partial charge is 0.223 e. The van der Waals surface area contributed by atoms with E-state index in [4.69, 9.17) is 4.84 Å². The molecule has 1 aromatic carbocycles. The van der Waals surface area contributed by atoms with Gasteiger partial charge in [0, 0.05) is 31.1 Å².